The second kappa shape index (κ2) is 7.39. The van der Waals surface area contributed by atoms with Gasteiger partial charge in [-0.05, 0) is 41.5 Å². The third-order valence-electron chi connectivity index (χ3n) is 4.05. The molecule has 0 N–H and O–H groups in total. The van der Waals surface area contributed by atoms with Crippen molar-refractivity contribution in [1.82, 2.24) is 4.98 Å². The van der Waals surface area contributed by atoms with E-state index in [2.05, 4.69) is 4.98 Å². The summed E-state index contributed by atoms with van der Waals surface area (Å²) in [7, 11) is -1.89. The lowest BCUT2D eigenvalue weighted by atomic mass is 9.94. The zero-order valence-corrected chi connectivity index (χ0v) is 16.2. The predicted octanol–water partition coefficient (Wildman–Crippen LogP) is 4.35. The van der Waals surface area contributed by atoms with Gasteiger partial charge >= 0.3 is 0 Å². The molecule has 0 saturated carbocycles. The highest BCUT2D eigenvalue weighted by Crippen LogP contribution is 2.40. The van der Waals surface area contributed by atoms with E-state index in [4.69, 9.17) is 21.6 Å². The van der Waals surface area contributed by atoms with Gasteiger partial charge in [-0.15, -0.1) is 0 Å². The van der Waals surface area contributed by atoms with Crippen LogP contribution in [0.15, 0.2) is 59.8 Å². The van der Waals surface area contributed by atoms with E-state index in [1.807, 2.05) is 18.2 Å². The van der Waals surface area contributed by atoms with E-state index in [-0.39, 0.29) is 9.92 Å². The molecule has 0 fully saturated rings. The Kier molecular flexibility index (Phi) is 5.17. The molecule has 0 amide bonds. The number of hydrogen-bond acceptors (Lipinski definition) is 5. The van der Waals surface area contributed by atoms with Crippen molar-refractivity contribution >= 4 is 21.4 Å². The molecule has 0 aliphatic rings. The number of nitrogens with zero attached hydrogens (tertiary/aromatic N) is 2. The van der Waals surface area contributed by atoms with Gasteiger partial charge in [-0.2, -0.15) is 5.26 Å². The van der Waals surface area contributed by atoms with Gasteiger partial charge in [0.2, 0.25) is 0 Å². The zero-order chi connectivity index (χ0) is 19.6. The van der Waals surface area contributed by atoms with E-state index in [1.54, 1.807) is 37.6 Å². The molecule has 1 aromatic heterocycles. The largest absolute Gasteiger partial charge is 0.497 e. The number of hydrogen-bond donors (Lipinski definition) is 0. The number of aromatic nitrogens is 1. The second-order valence-corrected chi connectivity index (χ2v) is 8.33. The topological polar surface area (TPSA) is 80.1 Å². The molecule has 0 saturated heterocycles. The average Bonchev–Trinajstić information content (AvgIpc) is 2.66. The Morgan fingerprint density at radius 3 is 2.37 bits per heavy atom. The van der Waals surface area contributed by atoms with Crippen LogP contribution < -0.4 is 4.74 Å². The van der Waals surface area contributed by atoms with Crippen molar-refractivity contribution in [1.29, 1.82) is 5.26 Å². The number of sulfone groups is 1. The van der Waals surface area contributed by atoms with E-state index < -0.39 is 9.84 Å². The summed E-state index contributed by atoms with van der Waals surface area (Å²) in [5.41, 5.74) is 3.02. The molecule has 5 nitrogen and oxygen atoms in total. The van der Waals surface area contributed by atoms with Crippen LogP contribution in [0.3, 0.4) is 0 Å². The van der Waals surface area contributed by atoms with Crippen LogP contribution in [0.4, 0.5) is 0 Å². The van der Waals surface area contributed by atoms with Gasteiger partial charge in [-0.25, -0.2) is 8.42 Å². The lowest BCUT2D eigenvalue weighted by Gasteiger charge is -2.15. The number of rotatable bonds is 4. The van der Waals surface area contributed by atoms with Crippen molar-refractivity contribution in [3.63, 3.8) is 0 Å². The first-order valence-electron chi connectivity index (χ1n) is 7.87. The Balaban J connectivity index is 2.32. The van der Waals surface area contributed by atoms with Crippen LogP contribution in [0.2, 0.25) is 5.02 Å². The van der Waals surface area contributed by atoms with Crippen LogP contribution in [0.25, 0.3) is 22.3 Å². The molecule has 0 aliphatic carbocycles. The fourth-order valence-electron chi connectivity index (χ4n) is 2.73. The maximum atomic E-state index is 12.1. The fourth-order valence-corrected chi connectivity index (χ4v) is 3.78. The third-order valence-corrected chi connectivity index (χ3v) is 5.44. The minimum absolute atomic E-state index is 0.117. The lowest BCUT2D eigenvalue weighted by molar-refractivity contribution is 0.415. The highest BCUT2D eigenvalue weighted by molar-refractivity contribution is 7.90. The van der Waals surface area contributed by atoms with Gasteiger partial charge in [0, 0.05) is 29.8 Å². The SMILES string of the molecule is COc1ccc(-c2cc(S(C)(=O)=O)cc(Cl)c2-c2cncc(C#N)c2)cc1. The van der Waals surface area contributed by atoms with Gasteiger partial charge < -0.3 is 4.74 Å². The standard InChI is InChI=1S/C20H15ClN2O3S/c1-26-16-5-3-14(4-6-16)18-8-17(27(2,24)25)9-19(21)20(18)15-7-13(10-22)11-23-12-15/h3-9,11-12H,1-2H3. The third kappa shape index (κ3) is 3.95. The van der Waals surface area contributed by atoms with Gasteiger partial charge in [0.25, 0.3) is 0 Å². The summed E-state index contributed by atoms with van der Waals surface area (Å²) < 4.78 is 29.4. The van der Waals surface area contributed by atoms with E-state index >= 15 is 0 Å². The summed E-state index contributed by atoms with van der Waals surface area (Å²) >= 11 is 6.48. The van der Waals surface area contributed by atoms with Crippen molar-refractivity contribution in [2.24, 2.45) is 0 Å². The maximum Gasteiger partial charge on any atom is 0.175 e. The van der Waals surface area contributed by atoms with Crippen LogP contribution >= 0.6 is 11.6 Å². The quantitative estimate of drug-likeness (QED) is 0.652. The molecule has 0 bridgehead atoms. The summed E-state index contributed by atoms with van der Waals surface area (Å²) in [6.45, 7) is 0. The minimum Gasteiger partial charge on any atom is -0.497 e. The van der Waals surface area contributed by atoms with Crippen LogP contribution in [-0.4, -0.2) is 26.8 Å². The number of pyridine rings is 1. The zero-order valence-electron chi connectivity index (χ0n) is 14.6. The minimum atomic E-state index is -3.46. The molecule has 0 unspecified atom stereocenters. The van der Waals surface area contributed by atoms with Crippen molar-refractivity contribution in [2.75, 3.05) is 13.4 Å². The van der Waals surface area contributed by atoms with E-state index in [0.717, 1.165) is 11.8 Å². The molecule has 1 heterocycles. The van der Waals surface area contributed by atoms with Crippen LogP contribution in [0.5, 0.6) is 5.75 Å². The van der Waals surface area contributed by atoms with Gasteiger partial charge in [-0.1, -0.05) is 23.7 Å². The van der Waals surface area contributed by atoms with Crippen LogP contribution in [0.1, 0.15) is 5.56 Å². The number of nitriles is 1. The molecule has 0 atom stereocenters. The lowest BCUT2D eigenvalue weighted by Crippen LogP contribution is -1.99. The van der Waals surface area contributed by atoms with Gasteiger partial charge in [-0.3, -0.25) is 4.98 Å². The molecule has 136 valence electrons. The van der Waals surface area contributed by atoms with Crippen molar-refractivity contribution in [3.05, 3.63) is 65.4 Å². The summed E-state index contributed by atoms with van der Waals surface area (Å²) in [6.07, 6.45) is 4.18. The van der Waals surface area contributed by atoms with Gasteiger partial charge in [0.15, 0.2) is 9.84 Å². The Bertz CT molecular complexity index is 1150. The van der Waals surface area contributed by atoms with E-state index in [1.165, 1.54) is 12.3 Å². The molecule has 0 radical (unpaired) electrons. The molecular weight excluding hydrogens is 384 g/mol. The van der Waals surface area contributed by atoms with Gasteiger partial charge in [0.05, 0.1) is 22.6 Å². The molecule has 3 aromatic rings. The summed E-state index contributed by atoms with van der Waals surface area (Å²) in [5.74, 6) is 0.679. The molecule has 2 aromatic carbocycles. The first kappa shape index (κ1) is 18.9. The van der Waals surface area contributed by atoms with Crippen molar-refractivity contribution < 1.29 is 13.2 Å². The normalized spacial score (nSPS) is 11.0. The van der Waals surface area contributed by atoms with E-state index in [9.17, 15) is 8.42 Å². The van der Waals surface area contributed by atoms with Crippen LogP contribution in [0, 0.1) is 11.3 Å². The Labute approximate surface area is 162 Å². The highest BCUT2D eigenvalue weighted by atomic mass is 35.5. The Morgan fingerprint density at radius 2 is 1.78 bits per heavy atom. The fraction of sp³-hybridized carbons (Fsp3) is 0.100. The number of halogens is 1. The summed E-state index contributed by atoms with van der Waals surface area (Å²) in [5, 5.41) is 9.42. The molecule has 0 spiro atoms. The number of methoxy groups -OCH3 is 1. The van der Waals surface area contributed by atoms with Crippen LogP contribution in [-0.2, 0) is 9.84 Å². The average molecular weight is 399 g/mol. The maximum absolute atomic E-state index is 12.1. The molecular formula is C20H15ClN2O3S. The summed E-state index contributed by atoms with van der Waals surface area (Å²) in [6, 6.07) is 13.9. The smallest absolute Gasteiger partial charge is 0.175 e. The van der Waals surface area contributed by atoms with E-state index in [0.29, 0.717) is 28.0 Å². The predicted molar refractivity (Wildman–Crippen MR) is 104 cm³/mol. The first-order chi connectivity index (χ1) is 12.8. The van der Waals surface area contributed by atoms with Crippen molar-refractivity contribution in [3.8, 4) is 34.1 Å². The second-order valence-electron chi connectivity index (χ2n) is 5.90. The number of benzene rings is 2. The molecule has 3 rings (SSSR count). The highest BCUT2D eigenvalue weighted by Gasteiger charge is 2.18. The molecule has 0 aliphatic heterocycles. The molecule has 7 heteroatoms. The number of ether oxygens (including phenoxy) is 1. The molecule has 27 heavy (non-hydrogen) atoms. The Hall–Kier alpha value is -2.88. The van der Waals surface area contributed by atoms with Gasteiger partial charge in [0.1, 0.15) is 11.8 Å². The Morgan fingerprint density at radius 1 is 1.07 bits per heavy atom. The summed E-state index contributed by atoms with van der Waals surface area (Å²) in [4.78, 5) is 4.20. The monoisotopic (exact) mass is 398 g/mol. The first-order valence-corrected chi connectivity index (χ1v) is 10.1. The van der Waals surface area contributed by atoms with Crippen molar-refractivity contribution in [2.45, 2.75) is 4.90 Å².